The highest BCUT2D eigenvalue weighted by molar-refractivity contribution is 6.33. The summed E-state index contributed by atoms with van der Waals surface area (Å²) in [7, 11) is 0. The third kappa shape index (κ3) is 2.71. The molecule has 0 unspecified atom stereocenters. The van der Waals surface area contributed by atoms with Crippen molar-refractivity contribution in [1.82, 2.24) is 10.5 Å². The number of carbonyl (C=O) groups is 1. The van der Waals surface area contributed by atoms with Crippen LogP contribution in [0.15, 0.2) is 34.9 Å². The molecule has 2 rings (SSSR count). The van der Waals surface area contributed by atoms with Gasteiger partial charge in [0.2, 0.25) is 0 Å². The number of rotatable bonds is 3. The molecule has 0 atom stereocenters. The van der Waals surface area contributed by atoms with Gasteiger partial charge in [0, 0.05) is 17.7 Å². The highest BCUT2D eigenvalue weighted by Crippen LogP contribution is 2.27. The van der Waals surface area contributed by atoms with Crippen LogP contribution < -0.4 is 5.32 Å². The number of aromatic nitrogens is 1. The molecule has 0 spiro atoms. The Morgan fingerprint density at radius 1 is 1.39 bits per heavy atom. The van der Waals surface area contributed by atoms with Crippen LogP contribution >= 0.6 is 11.6 Å². The zero-order valence-corrected chi connectivity index (χ0v) is 10.9. The second-order valence-corrected chi connectivity index (χ2v) is 4.59. The molecule has 1 aromatic carbocycles. The number of nitrogens with one attached hydrogen (secondary N) is 1. The van der Waals surface area contributed by atoms with E-state index in [-0.39, 0.29) is 17.6 Å². The Labute approximate surface area is 110 Å². The number of nitrogens with zero attached hydrogens (tertiary/aromatic N) is 1. The van der Waals surface area contributed by atoms with Crippen LogP contribution in [0.25, 0.3) is 11.3 Å². The smallest absolute Gasteiger partial charge is 0.273 e. The summed E-state index contributed by atoms with van der Waals surface area (Å²) in [6, 6.07) is 8.88. The lowest BCUT2D eigenvalue weighted by Crippen LogP contribution is -2.30. The molecule has 1 aromatic heterocycles. The molecule has 94 valence electrons. The summed E-state index contributed by atoms with van der Waals surface area (Å²) in [5.41, 5.74) is 0.967. The molecule has 0 fully saturated rings. The molecule has 0 radical (unpaired) electrons. The van der Waals surface area contributed by atoms with Crippen molar-refractivity contribution in [3.8, 4) is 11.3 Å². The fourth-order valence-electron chi connectivity index (χ4n) is 1.51. The van der Waals surface area contributed by atoms with Crippen LogP contribution in [0.1, 0.15) is 24.3 Å². The van der Waals surface area contributed by atoms with E-state index in [1.54, 1.807) is 12.1 Å². The molecule has 1 heterocycles. The summed E-state index contributed by atoms with van der Waals surface area (Å²) in [4.78, 5) is 11.7. The van der Waals surface area contributed by atoms with Crippen LogP contribution in [0, 0.1) is 0 Å². The summed E-state index contributed by atoms with van der Waals surface area (Å²) < 4.78 is 5.14. The lowest BCUT2D eigenvalue weighted by Gasteiger charge is -2.04. The monoisotopic (exact) mass is 264 g/mol. The Morgan fingerprint density at radius 3 is 2.78 bits per heavy atom. The van der Waals surface area contributed by atoms with Gasteiger partial charge in [0.1, 0.15) is 0 Å². The first-order valence-corrected chi connectivity index (χ1v) is 5.98. The first-order valence-electron chi connectivity index (χ1n) is 5.60. The van der Waals surface area contributed by atoms with Gasteiger partial charge in [-0.05, 0) is 26.0 Å². The highest BCUT2D eigenvalue weighted by Gasteiger charge is 2.15. The Kier molecular flexibility index (Phi) is 3.67. The van der Waals surface area contributed by atoms with Gasteiger partial charge in [-0.2, -0.15) is 0 Å². The third-order valence-corrected chi connectivity index (χ3v) is 2.63. The average molecular weight is 265 g/mol. The van der Waals surface area contributed by atoms with Crippen molar-refractivity contribution in [1.29, 1.82) is 0 Å². The molecule has 0 aliphatic carbocycles. The zero-order chi connectivity index (χ0) is 13.1. The fourth-order valence-corrected chi connectivity index (χ4v) is 1.74. The van der Waals surface area contributed by atoms with Crippen molar-refractivity contribution in [2.45, 2.75) is 19.9 Å². The molecule has 0 aliphatic heterocycles. The Bertz CT molecular complexity index is 564. The molecule has 1 amide bonds. The molecule has 0 saturated carbocycles. The summed E-state index contributed by atoms with van der Waals surface area (Å²) in [5, 5.41) is 7.04. The van der Waals surface area contributed by atoms with E-state index in [1.807, 2.05) is 32.0 Å². The molecule has 18 heavy (non-hydrogen) atoms. The molecule has 5 heteroatoms. The van der Waals surface area contributed by atoms with Crippen molar-refractivity contribution in [3.63, 3.8) is 0 Å². The van der Waals surface area contributed by atoms with Gasteiger partial charge in [-0.15, -0.1) is 0 Å². The first-order chi connectivity index (χ1) is 8.58. The van der Waals surface area contributed by atoms with Gasteiger partial charge in [0.05, 0.1) is 5.02 Å². The fraction of sp³-hybridized carbons (Fsp3) is 0.231. The van der Waals surface area contributed by atoms with E-state index in [9.17, 15) is 4.79 Å². The summed E-state index contributed by atoms with van der Waals surface area (Å²) >= 11 is 6.04. The minimum atomic E-state index is -0.257. The van der Waals surface area contributed by atoms with Gasteiger partial charge in [0.15, 0.2) is 11.5 Å². The van der Waals surface area contributed by atoms with Gasteiger partial charge in [-0.25, -0.2) is 0 Å². The van der Waals surface area contributed by atoms with E-state index >= 15 is 0 Å². The SMILES string of the molecule is CC(C)NC(=O)c1cc(-c2ccccc2Cl)on1. The van der Waals surface area contributed by atoms with E-state index in [1.165, 1.54) is 0 Å². The molecule has 0 bridgehead atoms. The van der Waals surface area contributed by atoms with Crippen LogP contribution in [-0.4, -0.2) is 17.1 Å². The molecule has 0 saturated heterocycles. The normalized spacial score (nSPS) is 10.7. The van der Waals surface area contributed by atoms with Gasteiger partial charge >= 0.3 is 0 Å². The first kappa shape index (κ1) is 12.6. The Balaban J connectivity index is 2.26. The third-order valence-electron chi connectivity index (χ3n) is 2.30. The molecule has 4 nitrogen and oxygen atoms in total. The Hall–Kier alpha value is -1.81. The highest BCUT2D eigenvalue weighted by atomic mass is 35.5. The van der Waals surface area contributed by atoms with Crippen LogP contribution in [-0.2, 0) is 0 Å². The lowest BCUT2D eigenvalue weighted by atomic mass is 10.1. The number of halogens is 1. The average Bonchev–Trinajstić information content (AvgIpc) is 2.78. The molecule has 2 aromatic rings. The minimum Gasteiger partial charge on any atom is -0.355 e. The van der Waals surface area contributed by atoms with Crippen LogP contribution in [0.3, 0.4) is 0 Å². The van der Waals surface area contributed by atoms with E-state index in [0.29, 0.717) is 10.8 Å². The maximum atomic E-state index is 11.7. The minimum absolute atomic E-state index is 0.0537. The standard InChI is InChI=1S/C13H13ClN2O2/c1-8(2)15-13(17)11-7-12(18-16-11)9-5-3-4-6-10(9)14/h3-8H,1-2H3,(H,15,17). The largest absolute Gasteiger partial charge is 0.355 e. The molecule has 1 N–H and O–H groups in total. The molecule has 0 aliphatic rings. The number of carbonyl (C=O) groups excluding carboxylic acids is 1. The van der Waals surface area contributed by atoms with E-state index in [2.05, 4.69) is 10.5 Å². The summed E-state index contributed by atoms with van der Waals surface area (Å²) in [5.74, 6) is 0.224. The van der Waals surface area contributed by atoms with Gasteiger partial charge < -0.3 is 9.84 Å². The van der Waals surface area contributed by atoms with E-state index < -0.39 is 0 Å². The number of hydrogen-bond acceptors (Lipinski definition) is 3. The summed E-state index contributed by atoms with van der Waals surface area (Å²) in [6.07, 6.45) is 0. The zero-order valence-electron chi connectivity index (χ0n) is 10.1. The van der Waals surface area contributed by atoms with Gasteiger partial charge in [0.25, 0.3) is 5.91 Å². The van der Waals surface area contributed by atoms with E-state index in [4.69, 9.17) is 16.1 Å². The predicted molar refractivity (Wildman–Crippen MR) is 69.6 cm³/mol. The maximum absolute atomic E-state index is 11.7. The Morgan fingerprint density at radius 2 is 2.11 bits per heavy atom. The van der Waals surface area contributed by atoms with Gasteiger partial charge in [-0.3, -0.25) is 4.79 Å². The second-order valence-electron chi connectivity index (χ2n) is 4.18. The number of hydrogen-bond donors (Lipinski definition) is 1. The van der Waals surface area contributed by atoms with Crippen LogP contribution in [0.5, 0.6) is 0 Å². The quantitative estimate of drug-likeness (QED) is 0.927. The van der Waals surface area contributed by atoms with E-state index in [0.717, 1.165) is 5.56 Å². The van der Waals surface area contributed by atoms with Crippen molar-refractivity contribution >= 4 is 17.5 Å². The van der Waals surface area contributed by atoms with Crippen LogP contribution in [0.2, 0.25) is 5.02 Å². The summed E-state index contributed by atoms with van der Waals surface area (Å²) in [6.45, 7) is 3.76. The van der Waals surface area contributed by atoms with Crippen molar-refractivity contribution < 1.29 is 9.32 Å². The lowest BCUT2D eigenvalue weighted by molar-refractivity contribution is 0.0934. The van der Waals surface area contributed by atoms with Crippen molar-refractivity contribution in [2.75, 3.05) is 0 Å². The van der Waals surface area contributed by atoms with Crippen molar-refractivity contribution in [3.05, 3.63) is 41.0 Å². The second kappa shape index (κ2) is 5.23. The maximum Gasteiger partial charge on any atom is 0.273 e. The van der Waals surface area contributed by atoms with Crippen molar-refractivity contribution in [2.24, 2.45) is 0 Å². The predicted octanol–water partition coefficient (Wildman–Crippen LogP) is 3.13. The molecular weight excluding hydrogens is 252 g/mol. The topological polar surface area (TPSA) is 55.1 Å². The van der Waals surface area contributed by atoms with Crippen LogP contribution in [0.4, 0.5) is 0 Å². The molecular formula is C13H13ClN2O2. The number of benzene rings is 1. The number of amides is 1. The van der Waals surface area contributed by atoms with Gasteiger partial charge in [-0.1, -0.05) is 28.9 Å².